The Morgan fingerprint density at radius 3 is 2.43 bits per heavy atom. The van der Waals surface area contributed by atoms with Gasteiger partial charge in [-0.15, -0.1) is 11.8 Å². The molecule has 112 valence electrons. The van der Waals surface area contributed by atoms with Gasteiger partial charge in [0.2, 0.25) is 0 Å². The van der Waals surface area contributed by atoms with Gasteiger partial charge in [0.15, 0.2) is 0 Å². The Hall–Kier alpha value is -1.32. The van der Waals surface area contributed by atoms with Crippen LogP contribution in [0.25, 0.3) is 0 Å². The monoisotopic (exact) mass is 303 g/mol. The third-order valence-corrected chi connectivity index (χ3v) is 4.26. The molecule has 3 heteroatoms. The van der Waals surface area contributed by atoms with Crippen molar-refractivity contribution in [3.05, 3.63) is 65.5 Å². The maximum Gasteiger partial charge on any atom is 0.123 e. The molecule has 0 aliphatic heterocycles. The fourth-order valence-electron chi connectivity index (χ4n) is 1.92. The van der Waals surface area contributed by atoms with Gasteiger partial charge in [-0.05, 0) is 50.1 Å². The van der Waals surface area contributed by atoms with Crippen molar-refractivity contribution in [3.63, 3.8) is 0 Å². The minimum absolute atomic E-state index is 0.0215. The lowest BCUT2D eigenvalue weighted by Crippen LogP contribution is -2.35. The van der Waals surface area contributed by atoms with Crippen LogP contribution in [-0.2, 0) is 12.3 Å². The van der Waals surface area contributed by atoms with E-state index in [1.807, 2.05) is 24.3 Å². The molecule has 2 rings (SSSR count). The van der Waals surface area contributed by atoms with Crippen LogP contribution in [0.5, 0.6) is 0 Å². The number of nitrogens with one attached hydrogen (secondary N) is 1. The van der Waals surface area contributed by atoms with Crippen molar-refractivity contribution in [1.82, 2.24) is 5.32 Å². The van der Waals surface area contributed by atoms with Gasteiger partial charge < -0.3 is 5.32 Å². The van der Waals surface area contributed by atoms with Crippen LogP contribution in [0.1, 0.15) is 31.9 Å². The number of hydrogen-bond acceptors (Lipinski definition) is 2. The van der Waals surface area contributed by atoms with E-state index in [9.17, 15) is 4.39 Å². The van der Waals surface area contributed by atoms with Crippen LogP contribution < -0.4 is 5.32 Å². The van der Waals surface area contributed by atoms with Gasteiger partial charge in [0.1, 0.15) is 5.82 Å². The number of thioether (sulfide) groups is 1. The van der Waals surface area contributed by atoms with E-state index in [1.165, 1.54) is 11.6 Å². The zero-order valence-electron chi connectivity index (χ0n) is 12.8. The Morgan fingerprint density at radius 1 is 1.05 bits per heavy atom. The first kappa shape index (κ1) is 16.1. The average Bonchev–Trinajstić information content (AvgIpc) is 2.44. The maximum atomic E-state index is 13.5. The Kier molecular flexibility index (Phi) is 5.43. The van der Waals surface area contributed by atoms with Crippen LogP contribution in [0.2, 0.25) is 0 Å². The van der Waals surface area contributed by atoms with Crippen LogP contribution in [0.4, 0.5) is 4.39 Å². The maximum absolute atomic E-state index is 13.5. The predicted octanol–water partition coefficient (Wildman–Crippen LogP) is 5.01. The summed E-state index contributed by atoms with van der Waals surface area (Å²) in [6.45, 7) is 7.02. The largest absolute Gasteiger partial charge is 0.308 e. The van der Waals surface area contributed by atoms with Crippen molar-refractivity contribution >= 4 is 11.8 Å². The summed E-state index contributed by atoms with van der Waals surface area (Å²) in [6.07, 6.45) is 0. The van der Waals surface area contributed by atoms with Gasteiger partial charge in [-0.25, -0.2) is 4.39 Å². The average molecular weight is 303 g/mol. The van der Waals surface area contributed by atoms with Crippen LogP contribution >= 0.6 is 11.8 Å². The Labute approximate surface area is 131 Å². The zero-order valence-corrected chi connectivity index (χ0v) is 13.6. The van der Waals surface area contributed by atoms with Crippen molar-refractivity contribution in [2.75, 3.05) is 0 Å². The SMILES string of the molecule is CC(C)(C)NCc1cc(F)ccc1SCc1ccccc1. The molecule has 0 bridgehead atoms. The molecule has 2 aromatic carbocycles. The van der Waals surface area contributed by atoms with E-state index >= 15 is 0 Å². The highest BCUT2D eigenvalue weighted by Crippen LogP contribution is 2.27. The van der Waals surface area contributed by atoms with E-state index in [0.29, 0.717) is 6.54 Å². The Bertz CT molecular complexity index is 576. The van der Waals surface area contributed by atoms with Gasteiger partial charge >= 0.3 is 0 Å². The summed E-state index contributed by atoms with van der Waals surface area (Å²) >= 11 is 1.75. The van der Waals surface area contributed by atoms with E-state index in [-0.39, 0.29) is 11.4 Å². The lowest BCUT2D eigenvalue weighted by atomic mass is 10.1. The normalized spacial score (nSPS) is 11.6. The van der Waals surface area contributed by atoms with Gasteiger partial charge in [0.05, 0.1) is 0 Å². The molecule has 0 spiro atoms. The number of halogens is 1. The molecule has 0 radical (unpaired) electrons. The van der Waals surface area contributed by atoms with E-state index in [2.05, 4.69) is 38.2 Å². The van der Waals surface area contributed by atoms with E-state index in [1.54, 1.807) is 17.8 Å². The standard InChI is InChI=1S/C18H22FNS/c1-18(2,3)20-12-15-11-16(19)9-10-17(15)21-13-14-7-5-4-6-8-14/h4-11,20H,12-13H2,1-3H3. The third-order valence-electron chi connectivity index (χ3n) is 3.07. The molecule has 0 heterocycles. The zero-order chi connectivity index (χ0) is 15.3. The predicted molar refractivity (Wildman–Crippen MR) is 89.0 cm³/mol. The number of rotatable bonds is 5. The Balaban J connectivity index is 2.07. The molecule has 21 heavy (non-hydrogen) atoms. The molecule has 2 aromatic rings. The topological polar surface area (TPSA) is 12.0 Å². The van der Waals surface area contributed by atoms with Gasteiger partial charge in [0.25, 0.3) is 0 Å². The summed E-state index contributed by atoms with van der Waals surface area (Å²) in [5.41, 5.74) is 2.32. The van der Waals surface area contributed by atoms with Crippen LogP contribution in [0.15, 0.2) is 53.4 Å². The molecule has 0 saturated carbocycles. The lowest BCUT2D eigenvalue weighted by Gasteiger charge is -2.21. The minimum Gasteiger partial charge on any atom is -0.308 e. The molecule has 0 aliphatic carbocycles. The molecule has 0 fully saturated rings. The molecule has 0 atom stereocenters. The van der Waals surface area contributed by atoms with Crippen molar-refractivity contribution in [1.29, 1.82) is 0 Å². The van der Waals surface area contributed by atoms with Crippen LogP contribution in [-0.4, -0.2) is 5.54 Å². The van der Waals surface area contributed by atoms with Gasteiger partial charge in [-0.3, -0.25) is 0 Å². The molecular formula is C18H22FNS. The lowest BCUT2D eigenvalue weighted by molar-refractivity contribution is 0.422. The summed E-state index contributed by atoms with van der Waals surface area (Å²) in [6, 6.07) is 15.4. The molecular weight excluding hydrogens is 281 g/mol. The van der Waals surface area contributed by atoms with Crippen LogP contribution in [0.3, 0.4) is 0 Å². The van der Waals surface area contributed by atoms with Gasteiger partial charge in [0, 0.05) is 22.7 Å². The first-order chi connectivity index (χ1) is 9.94. The molecule has 0 saturated heterocycles. The van der Waals surface area contributed by atoms with E-state index in [4.69, 9.17) is 0 Å². The first-order valence-corrected chi connectivity index (χ1v) is 8.13. The Morgan fingerprint density at radius 2 is 1.76 bits per heavy atom. The third kappa shape index (κ3) is 5.52. The molecule has 0 aliphatic rings. The number of hydrogen-bond donors (Lipinski definition) is 1. The summed E-state index contributed by atoms with van der Waals surface area (Å²) in [7, 11) is 0. The smallest absolute Gasteiger partial charge is 0.123 e. The fourth-order valence-corrected chi connectivity index (χ4v) is 2.92. The van der Waals surface area contributed by atoms with Crippen LogP contribution in [0, 0.1) is 5.82 Å². The van der Waals surface area contributed by atoms with E-state index < -0.39 is 0 Å². The van der Waals surface area contributed by atoms with E-state index in [0.717, 1.165) is 16.2 Å². The highest BCUT2D eigenvalue weighted by atomic mass is 32.2. The van der Waals surface area contributed by atoms with Crippen molar-refractivity contribution in [2.24, 2.45) is 0 Å². The molecule has 1 N–H and O–H groups in total. The highest BCUT2D eigenvalue weighted by Gasteiger charge is 2.11. The van der Waals surface area contributed by atoms with Crippen molar-refractivity contribution in [2.45, 2.75) is 43.5 Å². The quantitative estimate of drug-likeness (QED) is 0.780. The van der Waals surface area contributed by atoms with Crippen molar-refractivity contribution in [3.8, 4) is 0 Å². The molecule has 1 nitrogen and oxygen atoms in total. The first-order valence-electron chi connectivity index (χ1n) is 7.14. The summed E-state index contributed by atoms with van der Waals surface area (Å²) < 4.78 is 13.5. The summed E-state index contributed by atoms with van der Waals surface area (Å²) in [5, 5.41) is 3.42. The number of benzene rings is 2. The highest BCUT2D eigenvalue weighted by molar-refractivity contribution is 7.98. The van der Waals surface area contributed by atoms with Gasteiger partial charge in [-0.1, -0.05) is 30.3 Å². The summed E-state index contributed by atoms with van der Waals surface area (Å²) in [4.78, 5) is 1.14. The second kappa shape index (κ2) is 7.10. The van der Waals surface area contributed by atoms with Crippen molar-refractivity contribution < 1.29 is 4.39 Å². The molecule has 0 unspecified atom stereocenters. The second-order valence-corrected chi connectivity index (χ2v) is 7.15. The fraction of sp³-hybridized carbons (Fsp3) is 0.333. The minimum atomic E-state index is -0.176. The summed E-state index contributed by atoms with van der Waals surface area (Å²) in [5.74, 6) is 0.722. The van der Waals surface area contributed by atoms with Gasteiger partial charge in [-0.2, -0.15) is 0 Å². The molecule has 0 aromatic heterocycles. The molecule has 0 amide bonds. The second-order valence-electron chi connectivity index (χ2n) is 6.13.